The predicted octanol–water partition coefficient (Wildman–Crippen LogP) is 5.06. The van der Waals surface area contributed by atoms with Crippen molar-refractivity contribution in [2.75, 3.05) is 7.11 Å². The minimum atomic E-state index is -0.418. The highest BCUT2D eigenvalue weighted by Crippen LogP contribution is 2.34. The van der Waals surface area contributed by atoms with Crippen LogP contribution in [0.2, 0.25) is 5.02 Å². The van der Waals surface area contributed by atoms with Gasteiger partial charge in [-0.15, -0.1) is 0 Å². The van der Waals surface area contributed by atoms with Crippen LogP contribution in [0.25, 0.3) is 17.8 Å². The van der Waals surface area contributed by atoms with Gasteiger partial charge in [-0.05, 0) is 61.7 Å². The Morgan fingerprint density at radius 2 is 2.06 bits per heavy atom. The second-order valence-electron chi connectivity index (χ2n) is 7.94. The zero-order chi connectivity index (χ0) is 22.9. The van der Waals surface area contributed by atoms with E-state index in [9.17, 15) is 4.39 Å². The Labute approximate surface area is 195 Å². The highest BCUT2D eigenvalue weighted by molar-refractivity contribution is 6.30. The van der Waals surface area contributed by atoms with Crippen molar-refractivity contribution in [3.63, 3.8) is 0 Å². The molecule has 0 unspecified atom stereocenters. The summed E-state index contributed by atoms with van der Waals surface area (Å²) in [6.45, 7) is 2.73. The SMILES string of the molecule is COc1nc(C=Cc2nc3n(n2)CCC[C@@H]3c2ccc(F)c(Cl)c2)ccc1-n1cnc(C)c1. The molecule has 3 aromatic heterocycles. The molecule has 1 aliphatic heterocycles. The largest absolute Gasteiger partial charge is 0.479 e. The van der Waals surface area contributed by atoms with E-state index in [1.54, 1.807) is 25.6 Å². The normalized spacial score (nSPS) is 15.7. The lowest BCUT2D eigenvalue weighted by Crippen LogP contribution is -2.18. The number of aryl methyl sites for hydroxylation is 2. The molecule has 4 aromatic rings. The molecule has 0 N–H and O–H groups in total. The molecule has 0 saturated carbocycles. The van der Waals surface area contributed by atoms with Gasteiger partial charge in [0.1, 0.15) is 17.3 Å². The van der Waals surface area contributed by atoms with E-state index in [4.69, 9.17) is 21.3 Å². The molecule has 0 radical (unpaired) electrons. The summed E-state index contributed by atoms with van der Waals surface area (Å²) in [4.78, 5) is 13.6. The van der Waals surface area contributed by atoms with Crippen molar-refractivity contribution < 1.29 is 9.13 Å². The van der Waals surface area contributed by atoms with Gasteiger partial charge in [0.05, 0.1) is 29.8 Å². The molecule has 5 rings (SSSR count). The molecule has 0 bridgehead atoms. The smallest absolute Gasteiger partial charge is 0.238 e. The summed E-state index contributed by atoms with van der Waals surface area (Å²) in [6.07, 6.45) is 9.22. The molecule has 168 valence electrons. The van der Waals surface area contributed by atoms with Crippen molar-refractivity contribution >= 4 is 23.8 Å². The summed E-state index contributed by atoms with van der Waals surface area (Å²) in [5, 5.41) is 4.76. The van der Waals surface area contributed by atoms with Gasteiger partial charge in [-0.2, -0.15) is 5.10 Å². The maximum absolute atomic E-state index is 13.6. The fourth-order valence-electron chi connectivity index (χ4n) is 4.08. The van der Waals surface area contributed by atoms with Gasteiger partial charge in [0, 0.05) is 18.7 Å². The quantitative estimate of drug-likeness (QED) is 0.412. The van der Waals surface area contributed by atoms with Gasteiger partial charge in [-0.25, -0.2) is 24.0 Å². The summed E-state index contributed by atoms with van der Waals surface area (Å²) in [5.74, 6) is 1.57. The summed E-state index contributed by atoms with van der Waals surface area (Å²) >= 11 is 6.01. The van der Waals surface area contributed by atoms with E-state index in [1.165, 1.54) is 6.07 Å². The van der Waals surface area contributed by atoms with Gasteiger partial charge in [0.25, 0.3) is 0 Å². The van der Waals surface area contributed by atoms with Gasteiger partial charge in [-0.1, -0.05) is 17.7 Å². The molecule has 33 heavy (non-hydrogen) atoms. The summed E-state index contributed by atoms with van der Waals surface area (Å²) < 4.78 is 22.9. The van der Waals surface area contributed by atoms with Crippen LogP contribution in [-0.4, -0.2) is 36.4 Å². The number of imidazole rings is 1. The summed E-state index contributed by atoms with van der Waals surface area (Å²) in [7, 11) is 1.59. The van der Waals surface area contributed by atoms with Crippen LogP contribution in [0.15, 0.2) is 42.9 Å². The minimum absolute atomic E-state index is 0.0302. The Bertz CT molecular complexity index is 1340. The Hall–Kier alpha value is -3.52. The molecule has 4 heterocycles. The van der Waals surface area contributed by atoms with Crippen molar-refractivity contribution in [1.82, 2.24) is 29.3 Å². The van der Waals surface area contributed by atoms with Gasteiger partial charge >= 0.3 is 0 Å². The highest BCUT2D eigenvalue weighted by Gasteiger charge is 2.26. The molecule has 0 aliphatic carbocycles. The number of rotatable bonds is 5. The number of halogens is 2. The number of fused-ring (bicyclic) bond motifs is 1. The van der Waals surface area contributed by atoms with E-state index in [0.717, 1.165) is 47.8 Å². The van der Waals surface area contributed by atoms with Crippen LogP contribution in [0.3, 0.4) is 0 Å². The van der Waals surface area contributed by atoms with Gasteiger partial charge in [0.2, 0.25) is 5.88 Å². The molecule has 0 fully saturated rings. The van der Waals surface area contributed by atoms with Gasteiger partial charge in [-0.3, -0.25) is 0 Å². The van der Waals surface area contributed by atoms with Crippen LogP contribution in [0.5, 0.6) is 5.88 Å². The third-order valence-corrected chi connectivity index (χ3v) is 5.97. The maximum atomic E-state index is 13.6. The zero-order valence-electron chi connectivity index (χ0n) is 18.2. The highest BCUT2D eigenvalue weighted by atomic mass is 35.5. The van der Waals surface area contributed by atoms with Crippen molar-refractivity contribution in [1.29, 1.82) is 0 Å². The summed E-state index contributed by atoms with van der Waals surface area (Å²) in [5.41, 5.74) is 3.40. The van der Waals surface area contributed by atoms with Gasteiger partial charge < -0.3 is 9.30 Å². The van der Waals surface area contributed by atoms with Crippen molar-refractivity contribution in [2.24, 2.45) is 0 Å². The van der Waals surface area contributed by atoms with Crippen molar-refractivity contribution in [2.45, 2.75) is 32.2 Å². The van der Waals surface area contributed by atoms with E-state index in [2.05, 4.69) is 15.1 Å². The maximum Gasteiger partial charge on any atom is 0.238 e. The lowest BCUT2D eigenvalue weighted by Gasteiger charge is -2.22. The minimum Gasteiger partial charge on any atom is -0.479 e. The molecular weight excluding hydrogens is 443 g/mol. The molecular formula is C24H22ClFN6O. The first kappa shape index (κ1) is 21.3. The number of methoxy groups -OCH3 is 1. The molecule has 0 saturated heterocycles. The van der Waals surface area contributed by atoms with E-state index < -0.39 is 5.82 Å². The average Bonchev–Trinajstić information content (AvgIpc) is 3.45. The molecule has 1 aromatic carbocycles. The average molecular weight is 465 g/mol. The Morgan fingerprint density at radius 1 is 1.18 bits per heavy atom. The molecule has 0 spiro atoms. The molecule has 0 amide bonds. The van der Waals surface area contributed by atoms with Crippen LogP contribution in [0.4, 0.5) is 4.39 Å². The van der Waals surface area contributed by atoms with Crippen LogP contribution in [0.1, 0.15) is 47.4 Å². The van der Waals surface area contributed by atoms with Crippen LogP contribution >= 0.6 is 11.6 Å². The number of aromatic nitrogens is 6. The molecule has 7 nitrogen and oxygen atoms in total. The van der Waals surface area contributed by atoms with E-state index in [1.807, 2.05) is 46.7 Å². The monoisotopic (exact) mass is 464 g/mol. The molecule has 1 aliphatic rings. The topological polar surface area (TPSA) is 70.7 Å². The fraction of sp³-hybridized carbons (Fsp3) is 0.250. The summed E-state index contributed by atoms with van der Waals surface area (Å²) in [6, 6.07) is 8.70. The first-order valence-electron chi connectivity index (χ1n) is 10.7. The number of benzene rings is 1. The number of ether oxygens (including phenoxy) is 1. The Balaban J connectivity index is 1.41. The number of pyridine rings is 1. The van der Waals surface area contributed by atoms with E-state index >= 15 is 0 Å². The number of hydrogen-bond donors (Lipinski definition) is 0. The standard InChI is InChI=1S/C24H22ClFN6O/c1-15-13-31(14-27-15)21-9-6-17(28-24(21)33-2)7-10-22-29-23-18(4-3-11-32(23)30-22)16-5-8-20(26)19(25)12-16/h5-10,12-14,18H,3-4,11H2,1-2H3/t18-/m1/s1. The number of hydrogen-bond acceptors (Lipinski definition) is 5. The Kier molecular flexibility index (Phi) is 5.68. The molecule has 9 heteroatoms. The van der Waals surface area contributed by atoms with E-state index in [-0.39, 0.29) is 10.9 Å². The second-order valence-corrected chi connectivity index (χ2v) is 8.35. The van der Waals surface area contributed by atoms with Crippen LogP contribution < -0.4 is 4.74 Å². The lowest BCUT2D eigenvalue weighted by atomic mass is 9.91. The number of nitrogens with zero attached hydrogens (tertiary/aromatic N) is 6. The Morgan fingerprint density at radius 3 is 2.82 bits per heavy atom. The second kappa shape index (κ2) is 8.78. The molecule has 1 atom stereocenters. The zero-order valence-corrected chi connectivity index (χ0v) is 19.0. The lowest BCUT2D eigenvalue weighted by molar-refractivity contribution is 0.395. The first-order valence-corrected chi connectivity index (χ1v) is 11.0. The predicted molar refractivity (Wildman–Crippen MR) is 124 cm³/mol. The van der Waals surface area contributed by atoms with Crippen molar-refractivity contribution in [3.8, 4) is 11.6 Å². The van der Waals surface area contributed by atoms with Crippen molar-refractivity contribution in [3.05, 3.63) is 82.3 Å². The first-order chi connectivity index (χ1) is 16.0. The van der Waals surface area contributed by atoms with Crippen LogP contribution in [0, 0.1) is 12.7 Å². The van der Waals surface area contributed by atoms with Gasteiger partial charge in [0.15, 0.2) is 5.82 Å². The third-order valence-electron chi connectivity index (χ3n) is 5.69. The third kappa shape index (κ3) is 4.26. The van der Waals surface area contributed by atoms with E-state index in [0.29, 0.717) is 11.7 Å². The fourth-order valence-corrected chi connectivity index (χ4v) is 4.27. The van der Waals surface area contributed by atoms with Crippen LogP contribution in [-0.2, 0) is 6.54 Å².